The molecule has 1 amide bonds. The number of nitrogens with zero attached hydrogens (tertiary/aromatic N) is 1. The number of aliphatic imine (C=N–C) groups is 1. The van der Waals surface area contributed by atoms with E-state index in [9.17, 15) is 22.8 Å². The lowest BCUT2D eigenvalue weighted by atomic mass is 9.83. The zero-order valence-corrected chi connectivity index (χ0v) is 27.1. The van der Waals surface area contributed by atoms with Crippen LogP contribution < -0.4 is 19.5 Å². The highest BCUT2D eigenvalue weighted by Crippen LogP contribution is 2.44. The van der Waals surface area contributed by atoms with Crippen molar-refractivity contribution in [3.8, 4) is 17.2 Å². The summed E-state index contributed by atoms with van der Waals surface area (Å²) in [4.78, 5) is 32.1. The van der Waals surface area contributed by atoms with Crippen LogP contribution in [0.3, 0.4) is 0 Å². The van der Waals surface area contributed by atoms with E-state index in [4.69, 9.17) is 29.0 Å². The Kier molecular flexibility index (Phi) is 11.6. The fraction of sp³-hybridized carbons (Fsp3) is 0.400. The maximum Gasteiger partial charge on any atom is 0.573 e. The number of halogens is 3. The first kappa shape index (κ1) is 36.1. The first-order valence-electron chi connectivity index (χ1n) is 15.3. The van der Waals surface area contributed by atoms with Gasteiger partial charge in [-0.1, -0.05) is 24.3 Å². The van der Waals surface area contributed by atoms with Gasteiger partial charge in [0.25, 0.3) is 5.91 Å². The van der Waals surface area contributed by atoms with E-state index < -0.39 is 41.2 Å². The molecule has 1 aliphatic heterocycles. The summed E-state index contributed by atoms with van der Waals surface area (Å²) in [7, 11) is 1.51. The lowest BCUT2D eigenvalue weighted by Gasteiger charge is -2.31. The maximum atomic E-state index is 14.3. The number of carbonyl (C=O) groups excluding carboxylic acids is 2. The minimum atomic E-state index is -4.84. The summed E-state index contributed by atoms with van der Waals surface area (Å²) in [5.74, 6) is -0.279. The van der Waals surface area contributed by atoms with Gasteiger partial charge in [-0.3, -0.25) is 9.59 Å². The maximum absolute atomic E-state index is 14.3. The van der Waals surface area contributed by atoms with Gasteiger partial charge in [0.2, 0.25) is 5.90 Å². The minimum Gasteiger partial charge on any atom is -0.497 e. The zero-order chi connectivity index (χ0) is 35.0. The van der Waals surface area contributed by atoms with Gasteiger partial charge < -0.3 is 34.1 Å². The molecule has 3 aromatic carbocycles. The molecule has 1 heterocycles. The van der Waals surface area contributed by atoms with Gasteiger partial charge in [0.1, 0.15) is 22.8 Å². The summed E-state index contributed by atoms with van der Waals surface area (Å²) in [6.07, 6.45) is -5.64. The van der Waals surface area contributed by atoms with Crippen molar-refractivity contribution in [2.45, 2.75) is 70.2 Å². The molecule has 3 aromatic rings. The number of aliphatic hydroxyl groups is 1. The van der Waals surface area contributed by atoms with Crippen molar-refractivity contribution >= 4 is 17.8 Å². The van der Waals surface area contributed by atoms with Crippen molar-refractivity contribution in [1.82, 2.24) is 5.32 Å². The number of methoxy groups -OCH3 is 1. The molecule has 2 N–H and O–H groups in total. The number of benzene rings is 3. The van der Waals surface area contributed by atoms with Crippen LogP contribution in [0.4, 0.5) is 13.2 Å². The second kappa shape index (κ2) is 15.4. The second-order valence-corrected chi connectivity index (χ2v) is 12.0. The number of alkyl halides is 3. The normalized spacial score (nSPS) is 17.6. The summed E-state index contributed by atoms with van der Waals surface area (Å²) < 4.78 is 64.9. The predicted octanol–water partition coefficient (Wildman–Crippen LogP) is 6.05. The van der Waals surface area contributed by atoms with Crippen molar-refractivity contribution in [2.24, 2.45) is 4.99 Å². The number of carbonyl (C=O) groups is 2. The highest BCUT2D eigenvalue weighted by molar-refractivity contribution is 6.01. The van der Waals surface area contributed by atoms with Gasteiger partial charge in [-0.25, -0.2) is 4.99 Å². The predicted molar refractivity (Wildman–Crippen MR) is 170 cm³/mol. The molecule has 258 valence electrons. The van der Waals surface area contributed by atoms with Gasteiger partial charge in [-0.15, -0.1) is 13.2 Å². The van der Waals surface area contributed by atoms with E-state index in [-0.39, 0.29) is 31.9 Å². The van der Waals surface area contributed by atoms with Gasteiger partial charge in [0.15, 0.2) is 11.6 Å². The molecular formula is C35H39F3N2O8. The zero-order valence-electron chi connectivity index (χ0n) is 27.1. The van der Waals surface area contributed by atoms with Crippen LogP contribution >= 0.6 is 0 Å². The largest absolute Gasteiger partial charge is 0.573 e. The topological polar surface area (TPSA) is 125 Å². The highest BCUT2D eigenvalue weighted by Gasteiger charge is 2.53. The molecule has 4 rings (SSSR count). The van der Waals surface area contributed by atoms with Crippen LogP contribution in [0.15, 0.2) is 77.8 Å². The lowest BCUT2D eigenvalue weighted by molar-refractivity contribution is -0.274. The number of hydrogen-bond acceptors (Lipinski definition) is 9. The minimum absolute atomic E-state index is 0.000382. The third kappa shape index (κ3) is 9.86. The molecule has 0 aromatic heterocycles. The fourth-order valence-electron chi connectivity index (χ4n) is 5.00. The van der Waals surface area contributed by atoms with Crippen molar-refractivity contribution in [1.29, 1.82) is 0 Å². The van der Waals surface area contributed by atoms with Crippen molar-refractivity contribution in [3.05, 3.63) is 89.5 Å². The molecule has 0 unspecified atom stereocenters. The summed E-state index contributed by atoms with van der Waals surface area (Å²) in [6, 6.07) is 18.9. The van der Waals surface area contributed by atoms with Gasteiger partial charge in [-0.05, 0) is 86.8 Å². The average Bonchev–Trinajstić information content (AvgIpc) is 3.43. The molecule has 1 aliphatic rings. The SMILES string of the molecule is COc1cccc([C@H]2OC(c3ccc(OCCCO)cc3)=N[C@@]2(CCC(=O)OC(C)(C)C)C(=O)NCc2ccc(OC(F)(F)F)cc2)c1. The fourth-order valence-corrected chi connectivity index (χ4v) is 5.00. The number of nitrogens with one attached hydrogen (secondary N) is 1. The number of hydrogen-bond donors (Lipinski definition) is 2. The van der Waals surface area contributed by atoms with E-state index >= 15 is 0 Å². The average molecular weight is 673 g/mol. The van der Waals surface area contributed by atoms with Crippen molar-refractivity contribution in [3.63, 3.8) is 0 Å². The molecule has 13 heteroatoms. The van der Waals surface area contributed by atoms with Crippen LogP contribution in [0.25, 0.3) is 0 Å². The van der Waals surface area contributed by atoms with Crippen LogP contribution in [0.5, 0.6) is 17.2 Å². The molecule has 10 nitrogen and oxygen atoms in total. The van der Waals surface area contributed by atoms with E-state index in [0.717, 1.165) is 12.1 Å². The Morgan fingerprint density at radius 1 is 0.979 bits per heavy atom. The molecule has 0 aliphatic carbocycles. The van der Waals surface area contributed by atoms with Crippen molar-refractivity contribution in [2.75, 3.05) is 20.3 Å². The number of aliphatic hydroxyl groups excluding tert-OH is 1. The van der Waals surface area contributed by atoms with E-state index in [0.29, 0.717) is 41.2 Å². The van der Waals surface area contributed by atoms with Gasteiger partial charge in [0.05, 0.1) is 13.7 Å². The van der Waals surface area contributed by atoms with E-state index in [2.05, 4.69) is 10.1 Å². The van der Waals surface area contributed by atoms with Crippen molar-refractivity contribution < 1.29 is 51.6 Å². The Hall–Kier alpha value is -4.78. The van der Waals surface area contributed by atoms with Gasteiger partial charge in [-0.2, -0.15) is 0 Å². The van der Waals surface area contributed by atoms with Crippen LogP contribution in [-0.2, 0) is 25.6 Å². The standard InChI is InChI=1S/C35H39F3N2O8/c1-33(2,3)48-29(42)17-18-34(32(43)39-22-23-9-13-27(14-10-23)47-35(36,37)38)30(25-7-5-8-28(21-25)44-4)46-31(40-34)24-11-15-26(16-12-24)45-20-6-19-41/h5,7-16,21,30,41H,6,17-20,22H2,1-4H3,(H,39,43)/t30-,34-/m1/s1. The molecule has 0 saturated heterocycles. The summed E-state index contributed by atoms with van der Waals surface area (Å²) in [5.41, 5.74) is -0.830. The molecule has 0 bridgehead atoms. The van der Waals surface area contributed by atoms with Crippen LogP contribution in [-0.4, -0.2) is 60.7 Å². The molecule has 48 heavy (non-hydrogen) atoms. The Morgan fingerprint density at radius 3 is 2.29 bits per heavy atom. The third-order valence-electron chi connectivity index (χ3n) is 7.17. The van der Waals surface area contributed by atoms with Gasteiger partial charge in [0, 0.05) is 31.6 Å². The molecule has 0 fully saturated rings. The monoisotopic (exact) mass is 672 g/mol. The Labute approximate surface area is 276 Å². The number of esters is 1. The number of rotatable bonds is 14. The van der Waals surface area contributed by atoms with E-state index in [1.807, 2.05) is 0 Å². The first-order chi connectivity index (χ1) is 22.7. The first-order valence-corrected chi connectivity index (χ1v) is 15.3. The molecule has 0 spiro atoms. The third-order valence-corrected chi connectivity index (χ3v) is 7.17. The van der Waals surface area contributed by atoms with Crippen LogP contribution in [0.1, 0.15) is 62.8 Å². The summed E-state index contributed by atoms with van der Waals surface area (Å²) >= 11 is 0. The number of ether oxygens (including phenoxy) is 5. The summed E-state index contributed by atoms with van der Waals surface area (Å²) in [5, 5.41) is 11.9. The number of amides is 1. The molecular weight excluding hydrogens is 633 g/mol. The molecule has 0 saturated carbocycles. The van der Waals surface area contributed by atoms with Crippen LogP contribution in [0.2, 0.25) is 0 Å². The molecule has 2 atom stereocenters. The second-order valence-electron chi connectivity index (χ2n) is 12.0. The quantitative estimate of drug-likeness (QED) is 0.157. The Morgan fingerprint density at radius 2 is 1.67 bits per heavy atom. The summed E-state index contributed by atoms with van der Waals surface area (Å²) in [6.45, 7) is 5.49. The van der Waals surface area contributed by atoms with E-state index in [1.165, 1.54) is 19.2 Å². The van der Waals surface area contributed by atoms with Crippen LogP contribution in [0, 0.1) is 0 Å². The van der Waals surface area contributed by atoms with E-state index in [1.54, 1.807) is 69.3 Å². The Balaban J connectivity index is 1.70. The smallest absolute Gasteiger partial charge is 0.497 e. The van der Waals surface area contributed by atoms with Gasteiger partial charge >= 0.3 is 12.3 Å². The Bertz CT molecular complexity index is 1570. The molecule has 0 radical (unpaired) electrons. The highest BCUT2D eigenvalue weighted by atomic mass is 19.4. The lowest BCUT2D eigenvalue weighted by Crippen LogP contribution is -2.48.